The molecule has 4 N–H and O–H groups in total. The van der Waals surface area contributed by atoms with Gasteiger partial charge in [0.1, 0.15) is 6.04 Å². The Labute approximate surface area is 139 Å². The van der Waals surface area contributed by atoms with Crippen LogP contribution in [0.1, 0.15) is 18.3 Å². The van der Waals surface area contributed by atoms with E-state index in [4.69, 9.17) is 15.9 Å². The van der Waals surface area contributed by atoms with E-state index in [-0.39, 0.29) is 5.92 Å². The molecule has 0 aliphatic carbocycles. The molecule has 0 fully saturated rings. The summed E-state index contributed by atoms with van der Waals surface area (Å²) in [5, 5.41) is 17.2. The van der Waals surface area contributed by atoms with Gasteiger partial charge in [0, 0.05) is 50.7 Å². The summed E-state index contributed by atoms with van der Waals surface area (Å²) in [6, 6.07) is -0.847. The molecule has 2 aromatic heterocycles. The maximum Gasteiger partial charge on any atom is 0.320 e. The molecule has 24 heavy (non-hydrogen) atoms. The monoisotopic (exact) mass is 337 g/mol. The lowest BCUT2D eigenvalue weighted by atomic mass is 10.1. The van der Waals surface area contributed by atoms with Gasteiger partial charge >= 0.3 is 11.9 Å². The number of aryl methyl sites for hydroxylation is 2. The van der Waals surface area contributed by atoms with Crippen molar-refractivity contribution in [3.05, 3.63) is 36.4 Å². The van der Waals surface area contributed by atoms with Gasteiger partial charge in [0.25, 0.3) is 0 Å². The third-order valence-corrected chi connectivity index (χ3v) is 3.52. The maximum absolute atomic E-state index is 10.5. The number of aromatic nitrogens is 4. The van der Waals surface area contributed by atoms with Crippen molar-refractivity contribution in [3.8, 4) is 0 Å². The van der Waals surface area contributed by atoms with Crippen LogP contribution < -0.4 is 5.73 Å². The smallest absolute Gasteiger partial charge is 0.320 e. The van der Waals surface area contributed by atoms with Crippen LogP contribution in [0.15, 0.2) is 25.0 Å². The second-order valence-corrected chi connectivity index (χ2v) is 5.58. The number of aliphatic carboxylic acids is 2. The normalized spacial score (nSPS) is 12.8. The summed E-state index contributed by atoms with van der Waals surface area (Å²) in [7, 11) is 3.66. The Morgan fingerprint density at radius 1 is 1.04 bits per heavy atom. The molecule has 0 spiro atoms. The van der Waals surface area contributed by atoms with Crippen LogP contribution in [0, 0.1) is 5.92 Å². The lowest BCUT2D eigenvalue weighted by Gasteiger charge is -2.05. The topological polar surface area (TPSA) is 136 Å². The zero-order chi connectivity index (χ0) is 18.3. The van der Waals surface area contributed by atoms with Crippen molar-refractivity contribution >= 4 is 11.9 Å². The predicted octanol–water partition coefficient (Wildman–Crippen LogP) is 0.0578. The number of rotatable bonds is 6. The summed E-state index contributed by atoms with van der Waals surface area (Å²) in [5.41, 5.74) is 7.11. The molecular formula is C15H23N5O4. The standard InChI is InChI=1S/C8H12N2O2.C7H11N3O2/c1-6(8(11)12)3-7-4-9-5-10(7)2;1-10-4-9-3-5(10)2-6(8)7(11)12/h4-6H,3H2,1-2H3,(H,11,12);3-4,6H,2,8H2,1H3,(H,11,12)/t6-;/m0./s1. The molecule has 9 heteroatoms. The minimum absolute atomic E-state index is 0.311. The van der Waals surface area contributed by atoms with E-state index in [1.807, 2.05) is 11.6 Å². The van der Waals surface area contributed by atoms with Crippen molar-refractivity contribution in [1.82, 2.24) is 19.1 Å². The molecule has 2 heterocycles. The summed E-state index contributed by atoms with van der Waals surface area (Å²) in [6.45, 7) is 1.69. The average Bonchev–Trinajstić information content (AvgIpc) is 3.09. The summed E-state index contributed by atoms with van der Waals surface area (Å²) in [4.78, 5) is 28.6. The molecule has 1 unspecified atom stereocenters. The van der Waals surface area contributed by atoms with Crippen molar-refractivity contribution in [3.63, 3.8) is 0 Å². The second-order valence-electron chi connectivity index (χ2n) is 5.58. The van der Waals surface area contributed by atoms with Gasteiger partial charge in [-0.05, 0) is 0 Å². The van der Waals surface area contributed by atoms with E-state index >= 15 is 0 Å². The first-order valence-electron chi connectivity index (χ1n) is 7.34. The quantitative estimate of drug-likeness (QED) is 0.678. The Bertz CT molecular complexity index is 621. The Hall–Kier alpha value is -2.68. The lowest BCUT2D eigenvalue weighted by Crippen LogP contribution is -2.32. The Morgan fingerprint density at radius 2 is 1.50 bits per heavy atom. The maximum atomic E-state index is 10.5. The Balaban J connectivity index is 0.000000240. The zero-order valence-electron chi connectivity index (χ0n) is 14.0. The Kier molecular flexibility index (Phi) is 7.12. The van der Waals surface area contributed by atoms with E-state index in [1.54, 1.807) is 43.6 Å². The highest BCUT2D eigenvalue weighted by Crippen LogP contribution is 2.06. The summed E-state index contributed by atoms with van der Waals surface area (Å²) < 4.78 is 3.59. The van der Waals surface area contributed by atoms with Crippen molar-refractivity contribution in [1.29, 1.82) is 0 Å². The number of nitrogens with zero attached hydrogens (tertiary/aromatic N) is 4. The van der Waals surface area contributed by atoms with Crippen molar-refractivity contribution < 1.29 is 19.8 Å². The number of imidazole rings is 2. The molecule has 2 atom stereocenters. The van der Waals surface area contributed by atoms with E-state index in [0.29, 0.717) is 12.8 Å². The van der Waals surface area contributed by atoms with Gasteiger partial charge < -0.3 is 25.1 Å². The third kappa shape index (κ3) is 5.84. The number of carboxylic acids is 2. The molecule has 0 saturated heterocycles. The first-order valence-corrected chi connectivity index (χ1v) is 7.34. The number of nitrogens with two attached hydrogens (primary N) is 1. The van der Waals surface area contributed by atoms with E-state index in [9.17, 15) is 9.59 Å². The zero-order valence-corrected chi connectivity index (χ0v) is 14.0. The number of carboxylic acid groups (broad SMARTS) is 2. The van der Waals surface area contributed by atoms with Crippen LogP contribution in [0.3, 0.4) is 0 Å². The van der Waals surface area contributed by atoms with E-state index in [2.05, 4.69) is 9.97 Å². The second kappa shape index (κ2) is 8.82. The molecule has 2 aromatic rings. The predicted molar refractivity (Wildman–Crippen MR) is 86.2 cm³/mol. The highest BCUT2D eigenvalue weighted by atomic mass is 16.4. The van der Waals surface area contributed by atoms with Gasteiger partial charge in [-0.1, -0.05) is 6.92 Å². The molecule has 0 bridgehead atoms. The summed E-state index contributed by atoms with van der Waals surface area (Å²) in [5.74, 6) is -2.10. The summed E-state index contributed by atoms with van der Waals surface area (Å²) >= 11 is 0. The molecule has 2 rings (SSSR count). The van der Waals surface area contributed by atoms with Gasteiger partial charge in [-0.3, -0.25) is 9.59 Å². The van der Waals surface area contributed by atoms with Crippen LogP contribution in [0.25, 0.3) is 0 Å². The van der Waals surface area contributed by atoms with Gasteiger partial charge in [0.2, 0.25) is 0 Å². The van der Waals surface area contributed by atoms with Crippen LogP contribution in [0.4, 0.5) is 0 Å². The van der Waals surface area contributed by atoms with Gasteiger partial charge in [-0.15, -0.1) is 0 Å². The number of carbonyl (C=O) groups is 2. The highest BCUT2D eigenvalue weighted by molar-refractivity contribution is 5.73. The molecule has 0 saturated carbocycles. The van der Waals surface area contributed by atoms with E-state index in [0.717, 1.165) is 11.4 Å². The van der Waals surface area contributed by atoms with Gasteiger partial charge in [-0.25, -0.2) is 9.97 Å². The molecule has 9 nitrogen and oxygen atoms in total. The molecule has 0 aliphatic rings. The van der Waals surface area contributed by atoms with E-state index < -0.39 is 18.0 Å². The van der Waals surface area contributed by atoms with Crippen LogP contribution >= 0.6 is 0 Å². The first-order chi connectivity index (χ1) is 11.2. The molecular weight excluding hydrogens is 314 g/mol. The van der Waals surface area contributed by atoms with Crippen LogP contribution in [-0.2, 0) is 36.5 Å². The minimum Gasteiger partial charge on any atom is -0.481 e. The van der Waals surface area contributed by atoms with Crippen LogP contribution in [0.5, 0.6) is 0 Å². The molecule has 0 radical (unpaired) electrons. The van der Waals surface area contributed by atoms with Crippen molar-refractivity contribution in [2.45, 2.75) is 25.8 Å². The fraction of sp³-hybridized carbons (Fsp3) is 0.467. The van der Waals surface area contributed by atoms with Crippen LogP contribution in [0.2, 0.25) is 0 Å². The minimum atomic E-state index is -0.990. The number of hydrogen-bond acceptors (Lipinski definition) is 5. The van der Waals surface area contributed by atoms with Gasteiger partial charge in [-0.2, -0.15) is 0 Å². The van der Waals surface area contributed by atoms with Crippen molar-refractivity contribution in [2.24, 2.45) is 25.7 Å². The fourth-order valence-electron chi connectivity index (χ4n) is 1.88. The lowest BCUT2D eigenvalue weighted by molar-refractivity contribution is -0.141. The average molecular weight is 337 g/mol. The van der Waals surface area contributed by atoms with Crippen molar-refractivity contribution in [2.75, 3.05) is 0 Å². The van der Waals surface area contributed by atoms with Gasteiger partial charge in [0.05, 0.1) is 18.6 Å². The third-order valence-electron chi connectivity index (χ3n) is 3.52. The SMILES string of the molecule is C[C@@H](Cc1cncn1C)C(=O)O.Cn1cncc1CC(N)C(=O)O. The molecule has 0 aliphatic heterocycles. The van der Waals surface area contributed by atoms with Gasteiger partial charge in [0.15, 0.2) is 0 Å². The largest absolute Gasteiger partial charge is 0.481 e. The molecule has 0 aromatic carbocycles. The fourth-order valence-corrected chi connectivity index (χ4v) is 1.88. The summed E-state index contributed by atoms with van der Waals surface area (Å²) in [6.07, 6.45) is 7.44. The van der Waals surface area contributed by atoms with E-state index in [1.165, 1.54) is 0 Å². The Morgan fingerprint density at radius 3 is 1.83 bits per heavy atom. The number of hydrogen-bond donors (Lipinski definition) is 3. The highest BCUT2D eigenvalue weighted by Gasteiger charge is 2.14. The van der Waals surface area contributed by atoms with Crippen LogP contribution in [-0.4, -0.2) is 47.3 Å². The molecule has 0 amide bonds. The first kappa shape index (κ1) is 19.4. The molecule has 132 valence electrons.